The fourth-order valence-electron chi connectivity index (χ4n) is 4.21. The summed E-state index contributed by atoms with van der Waals surface area (Å²) in [6.07, 6.45) is 2.86. The zero-order valence-corrected chi connectivity index (χ0v) is 14.9. The topological polar surface area (TPSA) is 41.1 Å². The van der Waals surface area contributed by atoms with Crippen molar-refractivity contribution < 1.29 is 9.18 Å². The Kier molecular flexibility index (Phi) is 4.77. The quantitative estimate of drug-likeness (QED) is 0.866. The van der Waals surface area contributed by atoms with Crippen LogP contribution in [0.15, 0.2) is 54.6 Å². The van der Waals surface area contributed by atoms with Crippen molar-refractivity contribution >= 4 is 5.91 Å². The third-order valence-corrected chi connectivity index (χ3v) is 5.94. The van der Waals surface area contributed by atoms with Crippen LogP contribution in [0.5, 0.6) is 0 Å². The fraction of sp³-hybridized carbons (Fsp3) is 0.409. The highest BCUT2D eigenvalue weighted by Crippen LogP contribution is 2.48. The van der Waals surface area contributed by atoms with Crippen LogP contribution in [-0.4, -0.2) is 25.5 Å². The molecular weight excluding hydrogens is 327 g/mol. The molecule has 1 saturated carbocycles. The zero-order valence-electron chi connectivity index (χ0n) is 14.9. The molecular formula is C22H25FN2O. The van der Waals surface area contributed by atoms with Crippen LogP contribution in [0.3, 0.4) is 0 Å². The molecule has 3 nitrogen and oxygen atoms in total. The number of benzene rings is 2. The summed E-state index contributed by atoms with van der Waals surface area (Å²) in [5, 5.41) is 6.64. The minimum absolute atomic E-state index is 0.145. The molecule has 2 fully saturated rings. The van der Waals surface area contributed by atoms with Crippen LogP contribution >= 0.6 is 0 Å². The van der Waals surface area contributed by atoms with E-state index in [1.807, 2.05) is 30.3 Å². The average molecular weight is 352 g/mol. The summed E-state index contributed by atoms with van der Waals surface area (Å²) in [7, 11) is 0. The fourth-order valence-corrected chi connectivity index (χ4v) is 4.21. The minimum Gasteiger partial charge on any atom is -0.355 e. The first-order chi connectivity index (χ1) is 12.7. The predicted octanol–water partition coefficient (Wildman–Crippen LogP) is 3.37. The maximum Gasteiger partial charge on any atom is 0.230 e. The van der Waals surface area contributed by atoms with Crippen LogP contribution < -0.4 is 10.6 Å². The molecule has 1 aliphatic heterocycles. The van der Waals surface area contributed by atoms with Crippen LogP contribution in [0, 0.1) is 11.7 Å². The van der Waals surface area contributed by atoms with E-state index >= 15 is 0 Å². The van der Waals surface area contributed by atoms with Crippen LogP contribution in [0.1, 0.15) is 36.3 Å². The molecule has 2 N–H and O–H groups in total. The van der Waals surface area contributed by atoms with E-state index in [0.29, 0.717) is 18.4 Å². The lowest BCUT2D eigenvalue weighted by Gasteiger charge is -2.33. The third kappa shape index (κ3) is 3.38. The van der Waals surface area contributed by atoms with Gasteiger partial charge >= 0.3 is 0 Å². The van der Waals surface area contributed by atoms with E-state index in [2.05, 4.69) is 22.8 Å². The van der Waals surface area contributed by atoms with Crippen molar-refractivity contribution in [3.05, 3.63) is 71.5 Å². The van der Waals surface area contributed by atoms with Crippen molar-refractivity contribution in [2.45, 2.75) is 30.6 Å². The highest BCUT2D eigenvalue weighted by Gasteiger charge is 2.51. The first-order valence-corrected chi connectivity index (χ1v) is 9.49. The standard InChI is InChI=1S/C22H25FN2O/c23-19-8-6-16(7-9-19)20-10-13-24-14-17(20)15-25-21(26)22(11-12-22)18-4-2-1-3-5-18/h1-9,17,20,24H,10-15H2,(H,25,26)/t17-,20+/m1/s1. The summed E-state index contributed by atoms with van der Waals surface area (Å²) in [6, 6.07) is 16.9. The molecule has 1 saturated heterocycles. The summed E-state index contributed by atoms with van der Waals surface area (Å²) < 4.78 is 13.2. The first-order valence-electron chi connectivity index (χ1n) is 9.49. The van der Waals surface area contributed by atoms with Crippen molar-refractivity contribution in [3.8, 4) is 0 Å². The predicted molar refractivity (Wildman–Crippen MR) is 100 cm³/mol. The van der Waals surface area contributed by atoms with Gasteiger partial charge in [-0.1, -0.05) is 42.5 Å². The lowest BCUT2D eigenvalue weighted by molar-refractivity contribution is -0.123. The van der Waals surface area contributed by atoms with Gasteiger partial charge in [-0.3, -0.25) is 4.79 Å². The number of carbonyl (C=O) groups excluding carboxylic acids is 1. The molecule has 1 heterocycles. The molecule has 4 rings (SSSR count). The minimum atomic E-state index is -0.325. The van der Waals surface area contributed by atoms with Gasteiger partial charge in [0.2, 0.25) is 5.91 Å². The van der Waals surface area contributed by atoms with Crippen LogP contribution in [0.4, 0.5) is 4.39 Å². The Morgan fingerprint density at radius 1 is 1.12 bits per heavy atom. The molecule has 2 aliphatic rings. The van der Waals surface area contributed by atoms with E-state index in [1.54, 1.807) is 0 Å². The van der Waals surface area contributed by atoms with Crippen molar-refractivity contribution in [1.82, 2.24) is 10.6 Å². The van der Waals surface area contributed by atoms with Gasteiger partial charge < -0.3 is 10.6 Å². The average Bonchev–Trinajstić information content (AvgIpc) is 3.50. The van der Waals surface area contributed by atoms with E-state index in [-0.39, 0.29) is 17.1 Å². The highest BCUT2D eigenvalue weighted by molar-refractivity contribution is 5.91. The molecule has 0 unspecified atom stereocenters. The first kappa shape index (κ1) is 17.2. The van der Waals surface area contributed by atoms with E-state index in [0.717, 1.165) is 43.5 Å². The zero-order chi connectivity index (χ0) is 18.0. The molecule has 0 bridgehead atoms. The van der Waals surface area contributed by atoms with Gasteiger partial charge in [-0.05, 0) is 60.9 Å². The van der Waals surface area contributed by atoms with Crippen molar-refractivity contribution in [2.24, 2.45) is 5.92 Å². The second-order valence-electron chi connectivity index (χ2n) is 7.57. The molecule has 136 valence electrons. The number of nitrogens with one attached hydrogen (secondary N) is 2. The van der Waals surface area contributed by atoms with Gasteiger partial charge in [-0.2, -0.15) is 0 Å². The lowest BCUT2D eigenvalue weighted by atomic mass is 9.81. The molecule has 0 aromatic heterocycles. The molecule has 0 radical (unpaired) electrons. The summed E-state index contributed by atoms with van der Waals surface area (Å²) in [4.78, 5) is 12.9. The smallest absolute Gasteiger partial charge is 0.230 e. The second-order valence-corrected chi connectivity index (χ2v) is 7.57. The van der Waals surface area contributed by atoms with E-state index in [9.17, 15) is 9.18 Å². The van der Waals surface area contributed by atoms with Crippen molar-refractivity contribution in [1.29, 1.82) is 0 Å². The number of rotatable bonds is 5. The summed E-state index contributed by atoms with van der Waals surface area (Å²) >= 11 is 0. The SMILES string of the molecule is O=C(NC[C@H]1CNCC[C@H]1c1ccc(F)cc1)C1(c2ccccc2)CC1. The van der Waals surface area contributed by atoms with Crippen molar-refractivity contribution in [3.63, 3.8) is 0 Å². The number of halogens is 1. The van der Waals surface area contributed by atoms with Crippen molar-refractivity contribution in [2.75, 3.05) is 19.6 Å². The molecule has 2 aromatic carbocycles. The molecule has 0 spiro atoms. The Hall–Kier alpha value is -2.20. The summed E-state index contributed by atoms with van der Waals surface area (Å²) in [5.41, 5.74) is 1.96. The second kappa shape index (κ2) is 7.20. The molecule has 1 amide bonds. The number of hydrogen-bond donors (Lipinski definition) is 2. The van der Waals surface area contributed by atoms with Gasteiger partial charge in [-0.25, -0.2) is 4.39 Å². The van der Waals surface area contributed by atoms with Gasteiger partial charge in [0, 0.05) is 13.1 Å². The Bertz CT molecular complexity index is 755. The van der Waals surface area contributed by atoms with E-state index in [1.165, 1.54) is 12.1 Å². The monoisotopic (exact) mass is 352 g/mol. The summed E-state index contributed by atoms with van der Waals surface area (Å²) in [6.45, 7) is 2.49. The van der Waals surface area contributed by atoms with Gasteiger partial charge in [0.05, 0.1) is 5.41 Å². The Labute approximate surface area is 154 Å². The summed E-state index contributed by atoms with van der Waals surface area (Å²) in [5.74, 6) is 0.618. The molecule has 2 aromatic rings. The van der Waals surface area contributed by atoms with Crippen LogP contribution in [0.2, 0.25) is 0 Å². The van der Waals surface area contributed by atoms with Crippen LogP contribution in [0.25, 0.3) is 0 Å². The highest BCUT2D eigenvalue weighted by atomic mass is 19.1. The van der Waals surface area contributed by atoms with Gasteiger partial charge in [0.1, 0.15) is 5.82 Å². The molecule has 26 heavy (non-hydrogen) atoms. The van der Waals surface area contributed by atoms with Gasteiger partial charge in [0.25, 0.3) is 0 Å². The maximum absolute atomic E-state index is 13.2. The maximum atomic E-state index is 13.2. The number of carbonyl (C=O) groups is 1. The van der Waals surface area contributed by atoms with Gasteiger partial charge in [0.15, 0.2) is 0 Å². The van der Waals surface area contributed by atoms with E-state index < -0.39 is 0 Å². The third-order valence-electron chi connectivity index (χ3n) is 5.94. The van der Waals surface area contributed by atoms with Gasteiger partial charge in [-0.15, -0.1) is 0 Å². The Morgan fingerprint density at radius 2 is 1.85 bits per heavy atom. The lowest BCUT2D eigenvalue weighted by Crippen LogP contribution is -2.44. The Balaban J connectivity index is 1.43. The number of hydrogen-bond acceptors (Lipinski definition) is 2. The number of amides is 1. The number of piperidine rings is 1. The molecule has 2 atom stereocenters. The Morgan fingerprint density at radius 3 is 2.54 bits per heavy atom. The molecule has 1 aliphatic carbocycles. The normalized spacial score (nSPS) is 24.0. The van der Waals surface area contributed by atoms with E-state index in [4.69, 9.17) is 0 Å². The molecule has 4 heteroatoms. The van der Waals surface area contributed by atoms with Crippen LogP contribution in [-0.2, 0) is 10.2 Å². The largest absolute Gasteiger partial charge is 0.355 e.